The molecule has 3 saturated heterocycles. The summed E-state index contributed by atoms with van der Waals surface area (Å²) in [4.78, 5) is 47.1. The van der Waals surface area contributed by atoms with E-state index in [2.05, 4.69) is 4.98 Å². The van der Waals surface area contributed by atoms with Gasteiger partial charge in [-0.3, -0.25) is 9.59 Å². The smallest absolute Gasteiger partial charge is 0.353 e. The van der Waals surface area contributed by atoms with Gasteiger partial charge in [0.15, 0.2) is 5.69 Å². The highest BCUT2D eigenvalue weighted by molar-refractivity contribution is 8.03. The Labute approximate surface area is 199 Å². The minimum atomic E-state index is -1.12. The molecule has 5 heterocycles. The van der Waals surface area contributed by atoms with Gasteiger partial charge in [0, 0.05) is 53.8 Å². The third kappa shape index (κ3) is 3.71. The fourth-order valence-electron chi connectivity index (χ4n) is 4.96. The van der Waals surface area contributed by atoms with E-state index in [0.717, 1.165) is 11.5 Å². The Bertz CT molecular complexity index is 1010. The Morgan fingerprint density at radius 2 is 2.00 bits per heavy atom. The molecule has 2 amide bonds. The summed E-state index contributed by atoms with van der Waals surface area (Å²) in [6.07, 6.45) is 0.585. The molecular weight excluding hydrogens is 468 g/mol. The van der Waals surface area contributed by atoms with Gasteiger partial charge in [-0.25, -0.2) is 4.79 Å². The normalized spacial score (nSPS) is 28.5. The number of hydrogen-bond acceptors (Lipinski definition) is 9. The van der Waals surface area contributed by atoms with E-state index in [0.29, 0.717) is 42.8 Å². The van der Waals surface area contributed by atoms with Crippen molar-refractivity contribution in [3.63, 3.8) is 0 Å². The zero-order valence-corrected chi connectivity index (χ0v) is 20.0. The van der Waals surface area contributed by atoms with Crippen molar-refractivity contribution >= 4 is 47.3 Å². The maximum Gasteiger partial charge on any atom is 0.353 e. The number of amides is 2. The van der Waals surface area contributed by atoms with Crippen molar-refractivity contribution in [1.29, 1.82) is 0 Å². The largest absolute Gasteiger partial charge is 0.477 e. The van der Waals surface area contributed by atoms with Crippen LogP contribution in [0.4, 0.5) is 6.01 Å². The topological polar surface area (TPSA) is 127 Å². The number of thioether (sulfide) groups is 2. The molecule has 0 saturated carbocycles. The van der Waals surface area contributed by atoms with Crippen molar-refractivity contribution in [1.82, 2.24) is 14.8 Å². The second kappa shape index (κ2) is 8.55. The number of nitrogens with zero attached hydrogens (tertiary/aromatic N) is 4. The lowest BCUT2D eigenvalue weighted by atomic mass is 9.79. The summed E-state index contributed by atoms with van der Waals surface area (Å²) in [5, 5.41) is 19.8. The fourth-order valence-corrected chi connectivity index (χ4v) is 7.39. The van der Waals surface area contributed by atoms with Crippen LogP contribution in [0.2, 0.25) is 0 Å². The lowest BCUT2D eigenvalue weighted by Gasteiger charge is -2.46. The number of carbonyl (C=O) groups is 3. The van der Waals surface area contributed by atoms with Crippen molar-refractivity contribution in [3.8, 4) is 0 Å². The van der Waals surface area contributed by atoms with Crippen molar-refractivity contribution < 1.29 is 29.0 Å². The van der Waals surface area contributed by atoms with Crippen LogP contribution in [0.15, 0.2) is 21.3 Å². The highest BCUT2D eigenvalue weighted by Gasteiger charge is 2.60. The molecule has 4 aliphatic rings. The molecule has 12 heteroatoms. The highest BCUT2D eigenvalue weighted by atomic mass is 32.2. The van der Waals surface area contributed by atoms with Gasteiger partial charge in [-0.05, 0) is 6.92 Å². The van der Waals surface area contributed by atoms with Gasteiger partial charge in [-0.15, -0.1) is 11.8 Å². The lowest BCUT2D eigenvalue weighted by Crippen LogP contribution is -2.63. The van der Waals surface area contributed by atoms with Gasteiger partial charge in [0.2, 0.25) is 5.91 Å². The lowest BCUT2D eigenvalue weighted by molar-refractivity contribution is -0.163. The highest BCUT2D eigenvalue weighted by Crippen LogP contribution is 2.52. The van der Waals surface area contributed by atoms with E-state index in [1.165, 1.54) is 22.9 Å². The number of rotatable bonds is 6. The van der Waals surface area contributed by atoms with Gasteiger partial charge in [-0.2, -0.15) is 16.7 Å². The summed E-state index contributed by atoms with van der Waals surface area (Å²) >= 11 is 3.30. The van der Waals surface area contributed by atoms with Crippen molar-refractivity contribution in [3.05, 3.63) is 22.6 Å². The molecule has 178 valence electrons. The number of fused-ring (bicyclic) bond motifs is 1. The monoisotopic (exact) mass is 494 g/mol. The molecular formula is C21H26N4O6S2. The SMILES string of the molecule is C[C@@H](O)C1C(=O)N2C(C(=O)O)=C(SC3CN(c4nc(C(=O)N5CCSCC5)co4)C3)[C@H](C)C12. The van der Waals surface area contributed by atoms with Crippen LogP contribution < -0.4 is 4.90 Å². The number of hydrogen-bond donors (Lipinski definition) is 2. The zero-order valence-electron chi connectivity index (χ0n) is 18.3. The standard InChI is InChI=1S/C21H26N4O6S2/c1-10-15-14(11(2)26)19(28)25(15)16(20(29)30)17(10)33-12-7-24(8-12)21-22-13(9-31-21)18(27)23-3-5-32-6-4-23/h9-12,14-15,26H,3-8H2,1-2H3,(H,29,30)/t10-,11-,14?,15?/m1/s1. The quantitative estimate of drug-likeness (QED) is 0.552. The van der Waals surface area contributed by atoms with E-state index in [-0.39, 0.29) is 34.7 Å². The molecule has 1 aromatic rings. The van der Waals surface area contributed by atoms with E-state index >= 15 is 0 Å². The maximum absolute atomic E-state index is 12.6. The summed E-state index contributed by atoms with van der Waals surface area (Å²) in [6.45, 7) is 6.11. The second-order valence-corrected chi connectivity index (χ2v) is 11.4. The molecule has 0 aromatic carbocycles. The first-order valence-electron chi connectivity index (χ1n) is 11.0. The van der Waals surface area contributed by atoms with E-state index in [4.69, 9.17) is 4.42 Å². The summed E-state index contributed by atoms with van der Waals surface area (Å²) in [5.41, 5.74) is 0.349. The zero-order chi connectivity index (χ0) is 23.4. The number of aromatic nitrogens is 1. The number of aliphatic hydroxyl groups excluding tert-OH is 1. The molecule has 10 nitrogen and oxygen atoms in total. The predicted molar refractivity (Wildman–Crippen MR) is 123 cm³/mol. The first-order chi connectivity index (χ1) is 15.8. The summed E-state index contributed by atoms with van der Waals surface area (Å²) < 4.78 is 5.54. The van der Waals surface area contributed by atoms with Gasteiger partial charge < -0.3 is 29.3 Å². The number of oxazole rings is 1. The molecule has 2 N–H and O–H groups in total. The van der Waals surface area contributed by atoms with Gasteiger partial charge in [0.05, 0.1) is 18.1 Å². The minimum Gasteiger partial charge on any atom is -0.477 e. The average Bonchev–Trinajstić information content (AvgIpc) is 3.32. The number of carboxylic acids is 1. The molecule has 0 bridgehead atoms. The number of anilines is 1. The van der Waals surface area contributed by atoms with Gasteiger partial charge in [0.25, 0.3) is 11.9 Å². The molecule has 1 aromatic heterocycles. The third-order valence-electron chi connectivity index (χ3n) is 6.73. The molecule has 0 spiro atoms. The Morgan fingerprint density at radius 1 is 1.30 bits per heavy atom. The van der Waals surface area contributed by atoms with E-state index in [9.17, 15) is 24.6 Å². The van der Waals surface area contributed by atoms with Gasteiger partial charge >= 0.3 is 5.97 Å². The number of carbonyl (C=O) groups excluding carboxylic acids is 2. The molecule has 0 aliphatic carbocycles. The third-order valence-corrected chi connectivity index (χ3v) is 9.13. The molecule has 4 aliphatic heterocycles. The van der Waals surface area contributed by atoms with Crippen LogP contribution in [0.25, 0.3) is 0 Å². The molecule has 0 radical (unpaired) electrons. The molecule has 5 rings (SSSR count). The Hall–Kier alpha value is -2.18. The van der Waals surface area contributed by atoms with Crippen molar-refractivity contribution in [2.45, 2.75) is 31.2 Å². The van der Waals surface area contributed by atoms with Crippen LogP contribution in [0, 0.1) is 11.8 Å². The molecule has 3 fully saturated rings. The van der Waals surface area contributed by atoms with Gasteiger partial charge in [-0.1, -0.05) is 6.92 Å². The first kappa shape index (κ1) is 22.6. The van der Waals surface area contributed by atoms with E-state index < -0.39 is 18.0 Å². The number of carboxylic acid groups (broad SMARTS) is 1. The van der Waals surface area contributed by atoms with E-state index in [1.54, 1.807) is 11.8 Å². The number of aliphatic hydroxyl groups is 1. The average molecular weight is 495 g/mol. The summed E-state index contributed by atoms with van der Waals surface area (Å²) in [7, 11) is 0. The molecule has 4 atom stereocenters. The minimum absolute atomic E-state index is 0.0431. The number of β-lactam (4-membered cyclic amide) rings is 1. The maximum atomic E-state index is 12.6. The van der Waals surface area contributed by atoms with Crippen LogP contribution in [0.1, 0.15) is 24.3 Å². The molecule has 2 unspecified atom stereocenters. The predicted octanol–water partition coefficient (Wildman–Crippen LogP) is 0.939. The van der Waals surface area contributed by atoms with Crippen molar-refractivity contribution in [2.75, 3.05) is 42.6 Å². The molecule has 33 heavy (non-hydrogen) atoms. The van der Waals surface area contributed by atoms with E-state index in [1.807, 2.05) is 23.6 Å². The Balaban J connectivity index is 1.23. The van der Waals surface area contributed by atoms with Crippen LogP contribution in [0.3, 0.4) is 0 Å². The second-order valence-electron chi connectivity index (χ2n) is 8.84. The van der Waals surface area contributed by atoms with Crippen LogP contribution in [-0.4, -0.2) is 97.9 Å². The summed E-state index contributed by atoms with van der Waals surface area (Å²) in [6, 6.07) is 0.0810. The van der Waals surface area contributed by atoms with Crippen LogP contribution >= 0.6 is 23.5 Å². The first-order valence-corrected chi connectivity index (χ1v) is 13.0. The van der Waals surface area contributed by atoms with Crippen LogP contribution in [0.5, 0.6) is 0 Å². The van der Waals surface area contributed by atoms with Crippen molar-refractivity contribution in [2.24, 2.45) is 11.8 Å². The number of aliphatic carboxylic acids is 1. The summed E-state index contributed by atoms with van der Waals surface area (Å²) in [5.74, 6) is -0.420. The van der Waals surface area contributed by atoms with Gasteiger partial charge in [0.1, 0.15) is 12.0 Å². The Morgan fingerprint density at radius 3 is 2.64 bits per heavy atom. The fraction of sp³-hybridized carbons (Fsp3) is 0.619. The van der Waals surface area contributed by atoms with Crippen LogP contribution in [-0.2, 0) is 9.59 Å². The Kier molecular flexibility index (Phi) is 5.86.